The molecule has 1 unspecified atom stereocenters. The first-order chi connectivity index (χ1) is 8.65. The molecule has 102 valence electrons. The molecule has 0 bridgehead atoms. The van der Waals surface area contributed by atoms with Crippen LogP contribution in [-0.4, -0.2) is 29.4 Å². The molecule has 0 heterocycles. The van der Waals surface area contributed by atoms with Crippen molar-refractivity contribution in [3.05, 3.63) is 18.2 Å². The van der Waals surface area contributed by atoms with Gasteiger partial charge in [-0.3, -0.25) is 4.21 Å². The Balaban J connectivity index is 2.52. The highest BCUT2D eigenvalue weighted by Gasteiger charge is 2.05. The average molecular weight is 270 g/mol. The van der Waals surface area contributed by atoms with Crippen molar-refractivity contribution < 1.29 is 8.95 Å². The van der Waals surface area contributed by atoms with Crippen LogP contribution in [0.1, 0.15) is 19.8 Å². The lowest BCUT2D eigenvalue weighted by molar-refractivity contribution is 0.319. The SMILES string of the molecule is CCCOc1cccc(NCCCS(C)=O)c1N. The van der Waals surface area contributed by atoms with Gasteiger partial charge in [0, 0.05) is 29.4 Å². The number of hydrogen-bond acceptors (Lipinski definition) is 4. The average Bonchev–Trinajstić information content (AvgIpc) is 2.34. The van der Waals surface area contributed by atoms with E-state index in [0.717, 1.165) is 30.8 Å². The first-order valence-electron chi connectivity index (χ1n) is 6.20. The fraction of sp³-hybridized carbons (Fsp3) is 0.538. The number of anilines is 2. The maximum atomic E-state index is 10.9. The van der Waals surface area contributed by atoms with E-state index >= 15 is 0 Å². The van der Waals surface area contributed by atoms with Crippen molar-refractivity contribution in [1.29, 1.82) is 0 Å². The first kappa shape index (κ1) is 14.8. The summed E-state index contributed by atoms with van der Waals surface area (Å²) in [5.74, 6) is 1.43. The van der Waals surface area contributed by atoms with Crippen molar-refractivity contribution in [2.75, 3.05) is 36.2 Å². The molecule has 0 aromatic heterocycles. The molecule has 4 nitrogen and oxygen atoms in total. The van der Waals surface area contributed by atoms with Gasteiger partial charge in [0.1, 0.15) is 5.75 Å². The molecule has 0 saturated heterocycles. The highest BCUT2D eigenvalue weighted by atomic mass is 32.2. The molecular formula is C13H22N2O2S. The normalized spacial score (nSPS) is 12.1. The van der Waals surface area contributed by atoms with Gasteiger partial charge in [0.15, 0.2) is 0 Å². The Hall–Kier alpha value is -1.23. The molecular weight excluding hydrogens is 248 g/mol. The minimum atomic E-state index is -0.733. The molecule has 5 heteroatoms. The van der Waals surface area contributed by atoms with E-state index in [0.29, 0.717) is 18.0 Å². The van der Waals surface area contributed by atoms with E-state index in [1.807, 2.05) is 18.2 Å². The molecule has 0 fully saturated rings. The number of rotatable bonds is 8. The van der Waals surface area contributed by atoms with Gasteiger partial charge in [-0.15, -0.1) is 0 Å². The number of ether oxygens (including phenoxy) is 1. The lowest BCUT2D eigenvalue weighted by Gasteiger charge is -2.13. The van der Waals surface area contributed by atoms with Crippen molar-refractivity contribution in [1.82, 2.24) is 0 Å². The van der Waals surface area contributed by atoms with E-state index in [9.17, 15) is 4.21 Å². The van der Waals surface area contributed by atoms with Gasteiger partial charge in [0.25, 0.3) is 0 Å². The van der Waals surface area contributed by atoms with Crippen LogP contribution in [0.15, 0.2) is 18.2 Å². The Morgan fingerprint density at radius 1 is 1.44 bits per heavy atom. The van der Waals surface area contributed by atoms with Gasteiger partial charge in [-0.25, -0.2) is 0 Å². The quantitative estimate of drug-likeness (QED) is 0.561. The molecule has 0 saturated carbocycles. The topological polar surface area (TPSA) is 64.3 Å². The minimum Gasteiger partial charge on any atom is -0.491 e. The van der Waals surface area contributed by atoms with Gasteiger partial charge in [-0.2, -0.15) is 0 Å². The number of nitrogens with two attached hydrogens (primary N) is 1. The van der Waals surface area contributed by atoms with Crippen LogP contribution in [0.4, 0.5) is 11.4 Å². The van der Waals surface area contributed by atoms with Crippen molar-refractivity contribution in [2.24, 2.45) is 0 Å². The summed E-state index contributed by atoms with van der Waals surface area (Å²) in [7, 11) is -0.733. The van der Waals surface area contributed by atoms with Gasteiger partial charge < -0.3 is 15.8 Å². The molecule has 0 aliphatic carbocycles. The largest absolute Gasteiger partial charge is 0.491 e. The number of para-hydroxylation sites is 1. The second kappa shape index (κ2) is 7.97. The predicted octanol–water partition coefficient (Wildman–Crippen LogP) is 2.24. The van der Waals surface area contributed by atoms with E-state index in [2.05, 4.69) is 12.2 Å². The fourth-order valence-electron chi connectivity index (χ4n) is 1.53. The summed E-state index contributed by atoms with van der Waals surface area (Å²) in [6.07, 6.45) is 3.54. The van der Waals surface area contributed by atoms with Crippen LogP contribution in [0.25, 0.3) is 0 Å². The van der Waals surface area contributed by atoms with Gasteiger partial charge in [0.05, 0.1) is 18.0 Å². The number of hydrogen-bond donors (Lipinski definition) is 2. The van der Waals surface area contributed by atoms with Gasteiger partial charge >= 0.3 is 0 Å². The van der Waals surface area contributed by atoms with Gasteiger partial charge in [0.2, 0.25) is 0 Å². The summed E-state index contributed by atoms with van der Waals surface area (Å²) in [5.41, 5.74) is 7.54. The molecule has 0 aliphatic rings. The zero-order chi connectivity index (χ0) is 13.4. The van der Waals surface area contributed by atoms with E-state index < -0.39 is 10.8 Å². The van der Waals surface area contributed by atoms with Crippen LogP contribution < -0.4 is 15.8 Å². The summed E-state index contributed by atoms with van der Waals surface area (Å²) in [5, 5.41) is 3.25. The molecule has 0 amide bonds. The van der Waals surface area contributed by atoms with Crippen molar-refractivity contribution in [2.45, 2.75) is 19.8 Å². The highest BCUT2D eigenvalue weighted by molar-refractivity contribution is 7.84. The summed E-state index contributed by atoms with van der Waals surface area (Å²) in [6.45, 7) is 3.49. The zero-order valence-corrected chi connectivity index (χ0v) is 11.9. The summed E-state index contributed by atoms with van der Waals surface area (Å²) in [4.78, 5) is 0. The predicted molar refractivity (Wildman–Crippen MR) is 78.7 cm³/mol. The van der Waals surface area contributed by atoms with Crippen LogP contribution >= 0.6 is 0 Å². The molecule has 1 aromatic rings. The molecule has 1 aromatic carbocycles. The lowest BCUT2D eigenvalue weighted by atomic mass is 10.2. The van der Waals surface area contributed by atoms with Crippen LogP contribution in [0.2, 0.25) is 0 Å². The minimum absolute atomic E-state index is 0.642. The molecule has 0 radical (unpaired) electrons. The second-order valence-electron chi connectivity index (χ2n) is 4.12. The number of nitrogen functional groups attached to an aromatic ring is 1. The smallest absolute Gasteiger partial charge is 0.144 e. The van der Waals surface area contributed by atoms with Gasteiger partial charge in [-0.1, -0.05) is 13.0 Å². The molecule has 18 heavy (non-hydrogen) atoms. The monoisotopic (exact) mass is 270 g/mol. The van der Waals surface area contributed by atoms with Crippen molar-refractivity contribution >= 4 is 22.2 Å². The summed E-state index contributed by atoms with van der Waals surface area (Å²) < 4.78 is 16.5. The third kappa shape index (κ3) is 4.96. The number of nitrogens with one attached hydrogen (secondary N) is 1. The number of benzene rings is 1. The van der Waals surface area contributed by atoms with Crippen LogP contribution in [0.3, 0.4) is 0 Å². The molecule has 1 rings (SSSR count). The Kier molecular flexibility index (Phi) is 6.57. The van der Waals surface area contributed by atoms with E-state index in [1.54, 1.807) is 6.26 Å². The first-order valence-corrected chi connectivity index (χ1v) is 7.93. The Morgan fingerprint density at radius 3 is 2.89 bits per heavy atom. The second-order valence-corrected chi connectivity index (χ2v) is 5.68. The van der Waals surface area contributed by atoms with E-state index in [-0.39, 0.29) is 0 Å². The lowest BCUT2D eigenvalue weighted by Crippen LogP contribution is -2.08. The standard InChI is InChI=1S/C13H22N2O2S/c1-3-9-17-12-7-4-6-11(13(12)14)15-8-5-10-18(2)16/h4,6-7,15H,3,5,8-10,14H2,1-2H3. The Bertz CT molecular complexity index is 397. The Morgan fingerprint density at radius 2 is 2.22 bits per heavy atom. The van der Waals surface area contributed by atoms with E-state index in [4.69, 9.17) is 10.5 Å². The molecule has 0 aliphatic heterocycles. The summed E-state index contributed by atoms with van der Waals surface area (Å²) >= 11 is 0. The maximum absolute atomic E-state index is 10.9. The van der Waals surface area contributed by atoms with Crippen molar-refractivity contribution in [3.63, 3.8) is 0 Å². The maximum Gasteiger partial charge on any atom is 0.144 e. The van der Waals surface area contributed by atoms with Crippen LogP contribution in [0, 0.1) is 0 Å². The third-order valence-corrected chi connectivity index (χ3v) is 3.32. The fourth-order valence-corrected chi connectivity index (χ4v) is 2.09. The van der Waals surface area contributed by atoms with Crippen molar-refractivity contribution in [3.8, 4) is 5.75 Å². The third-order valence-electron chi connectivity index (χ3n) is 2.45. The molecule has 1 atom stereocenters. The van der Waals surface area contributed by atoms with Crippen LogP contribution in [0.5, 0.6) is 5.75 Å². The summed E-state index contributed by atoms with van der Waals surface area (Å²) in [6, 6.07) is 5.72. The highest BCUT2D eigenvalue weighted by Crippen LogP contribution is 2.29. The van der Waals surface area contributed by atoms with E-state index in [1.165, 1.54) is 0 Å². The van der Waals surface area contributed by atoms with Gasteiger partial charge in [-0.05, 0) is 25.0 Å². The zero-order valence-electron chi connectivity index (χ0n) is 11.1. The molecule has 0 spiro atoms. The molecule has 3 N–H and O–H groups in total. The van der Waals surface area contributed by atoms with Crippen LogP contribution in [-0.2, 0) is 10.8 Å². The Labute approximate surface area is 111 Å².